The van der Waals surface area contributed by atoms with E-state index in [1.54, 1.807) is 12.1 Å². The van der Waals surface area contributed by atoms with Gasteiger partial charge in [-0.2, -0.15) is 0 Å². The Bertz CT molecular complexity index is 408. The van der Waals surface area contributed by atoms with E-state index in [1.807, 2.05) is 0 Å². The maximum atomic E-state index is 13.9. The molecule has 5 heteroatoms. The Morgan fingerprint density at radius 2 is 2.22 bits per heavy atom. The van der Waals surface area contributed by atoms with Gasteiger partial charge in [0, 0.05) is 12.2 Å². The van der Waals surface area contributed by atoms with Crippen LogP contribution in [-0.2, 0) is 11.3 Å². The summed E-state index contributed by atoms with van der Waals surface area (Å²) in [4.78, 5) is 0. The Morgan fingerprint density at radius 1 is 1.44 bits per heavy atom. The van der Waals surface area contributed by atoms with Gasteiger partial charge < -0.3 is 15.7 Å². The average Bonchev–Trinajstić information content (AvgIpc) is 2.39. The van der Waals surface area contributed by atoms with Gasteiger partial charge in [0.15, 0.2) is 5.84 Å². The van der Waals surface area contributed by atoms with Crippen LogP contribution in [0.5, 0.6) is 0 Å². The van der Waals surface area contributed by atoms with Gasteiger partial charge in [0.05, 0.1) is 12.2 Å². The molecular weight excluding hydrogens is 235 g/mol. The summed E-state index contributed by atoms with van der Waals surface area (Å²) in [5, 5.41) is 11.3. The molecule has 0 aromatic heterocycles. The Kier molecular flexibility index (Phi) is 6.14. The maximum absolute atomic E-state index is 13.9. The Labute approximate surface area is 106 Å². The third-order valence-corrected chi connectivity index (χ3v) is 2.61. The van der Waals surface area contributed by atoms with Gasteiger partial charge in [-0.05, 0) is 12.5 Å². The van der Waals surface area contributed by atoms with Crippen molar-refractivity contribution < 1.29 is 14.3 Å². The average molecular weight is 254 g/mol. The lowest BCUT2D eigenvalue weighted by Crippen LogP contribution is -2.16. The molecule has 0 saturated heterocycles. The third-order valence-electron chi connectivity index (χ3n) is 2.61. The smallest absolute Gasteiger partial charge is 0.173 e. The summed E-state index contributed by atoms with van der Waals surface area (Å²) in [6.07, 6.45) is 3.20. The normalized spacial score (nSPS) is 11.8. The van der Waals surface area contributed by atoms with Crippen molar-refractivity contribution in [2.24, 2.45) is 10.9 Å². The number of nitrogens with zero attached hydrogens (tertiary/aromatic N) is 1. The highest BCUT2D eigenvalue weighted by Gasteiger charge is 2.11. The van der Waals surface area contributed by atoms with Gasteiger partial charge in [-0.15, -0.1) is 0 Å². The van der Waals surface area contributed by atoms with Gasteiger partial charge in [-0.25, -0.2) is 4.39 Å². The minimum absolute atomic E-state index is 0.0900. The summed E-state index contributed by atoms with van der Waals surface area (Å²) in [7, 11) is 0. The molecule has 0 bridgehead atoms. The molecule has 18 heavy (non-hydrogen) atoms. The zero-order chi connectivity index (χ0) is 13.4. The molecule has 100 valence electrons. The van der Waals surface area contributed by atoms with Crippen LogP contribution in [0, 0.1) is 5.82 Å². The largest absolute Gasteiger partial charge is 0.409 e. The van der Waals surface area contributed by atoms with Gasteiger partial charge in [0.2, 0.25) is 0 Å². The summed E-state index contributed by atoms with van der Waals surface area (Å²) in [5.74, 6) is -0.733. The number of hydrogen-bond donors (Lipinski definition) is 2. The van der Waals surface area contributed by atoms with Crippen LogP contribution in [0.4, 0.5) is 4.39 Å². The highest BCUT2D eigenvalue weighted by Crippen LogP contribution is 2.14. The van der Waals surface area contributed by atoms with Gasteiger partial charge >= 0.3 is 0 Å². The van der Waals surface area contributed by atoms with E-state index in [0.29, 0.717) is 12.2 Å². The SMILES string of the molecule is CCCCCOCc1cccc(/C(N)=N/O)c1F. The minimum atomic E-state index is -0.497. The molecule has 0 aliphatic heterocycles. The second kappa shape index (κ2) is 7.66. The first kappa shape index (κ1) is 14.4. The Morgan fingerprint density at radius 3 is 2.89 bits per heavy atom. The molecule has 4 nitrogen and oxygen atoms in total. The van der Waals surface area contributed by atoms with Crippen molar-refractivity contribution in [3.8, 4) is 0 Å². The lowest BCUT2D eigenvalue weighted by molar-refractivity contribution is 0.115. The van der Waals surface area contributed by atoms with Crippen molar-refractivity contribution in [1.82, 2.24) is 0 Å². The molecule has 1 aromatic carbocycles. The first-order valence-corrected chi connectivity index (χ1v) is 6.03. The molecule has 0 atom stereocenters. The summed E-state index contributed by atoms with van der Waals surface area (Å²) < 4.78 is 19.3. The molecule has 0 heterocycles. The van der Waals surface area contributed by atoms with E-state index in [-0.39, 0.29) is 18.0 Å². The quantitative estimate of drug-likeness (QED) is 0.258. The van der Waals surface area contributed by atoms with Crippen LogP contribution in [0.15, 0.2) is 23.4 Å². The van der Waals surface area contributed by atoms with Crippen LogP contribution in [-0.4, -0.2) is 17.6 Å². The molecule has 0 aliphatic rings. The fraction of sp³-hybridized carbons (Fsp3) is 0.462. The van der Waals surface area contributed by atoms with Crippen molar-refractivity contribution in [1.29, 1.82) is 0 Å². The van der Waals surface area contributed by atoms with Crippen molar-refractivity contribution in [2.45, 2.75) is 32.8 Å². The molecule has 3 N–H and O–H groups in total. The number of benzene rings is 1. The van der Waals surface area contributed by atoms with Crippen LogP contribution in [0.3, 0.4) is 0 Å². The summed E-state index contributed by atoms with van der Waals surface area (Å²) in [5.41, 5.74) is 5.88. The maximum Gasteiger partial charge on any atom is 0.173 e. The van der Waals surface area contributed by atoms with Crippen LogP contribution < -0.4 is 5.73 Å². The number of amidine groups is 1. The predicted molar refractivity (Wildman–Crippen MR) is 68.1 cm³/mol. The van der Waals surface area contributed by atoms with E-state index >= 15 is 0 Å². The number of nitrogens with two attached hydrogens (primary N) is 1. The zero-order valence-electron chi connectivity index (χ0n) is 10.5. The van der Waals surface area contributed by atoms with E-state index in [9.17, 15) is 4.39 Å². The zero-order valence-corrected chi connectivity index (χ0v) is 10.5. The summed E-state index contributed by atoms with van der Waals surface area (Å²) >= 11 is 0. The topological polar surface area (TPSA) is 67.8 Å². The van der Waals surface area contributed by atoms with Gasteiger partial charge in [-0.1, -0.05) is 37.1 Å². The number of unbranched alkanes of at least 4 members (excludes halogenated alkanes) is 2. The van der Waals surface area contributed by atoms with Crippen LogP contribution >= 0.6 is 0 Å². The van der Waals surface area contributed by atoms with Crippen LogP contribution in [0.2, 0.25) is 0 Å². The molecule has 1 rings (SSSR count). The number of rotatable bonds is 7. The van der Waals surface area contributed by atoms with Gasteiger partial charge in [-0.3, -0.25) is 0 Å². The fourth-order valence-electron chi connectivity index (χ4n) is 1.58. The second-order valence-corrected chi connectivity index (χ2v) is 4.02. The molecule has 0 amide bonds. The number of hydrogen-bond acceptors (Lipinski definition) is 3. The van der Waals surface area contributed by atoms with Gasteiger partial charge in [0.1, 0.15) is 5.82 Å². The van der Waals surface area contributed by atoms with E-state index in [1.165, 1.54) is 6.07 Å². The molecule has 0 saturated carbocycles. The molecule has 0 unspecified atom stereocenters. The number of halogens is 1. The molecule has 0 spiro atoms. The summed E-state index contributed by atoms with van der Waals surface area (Å²) in [6, 6.07) is 4.75. The lowest BCUT2D eigenvalue weighted by atomic mass is 10.1. The van der Waals surface area contributed by atoms with E-state index in [4.69, 9.17) is 15.7 Å². The third kappa shape index (κ3) is 4.00. The molecule has 1 aromatic rings. The van der Waals surface area contributed by atoms with Gasteiger partial charge in [0.25, 0.3) is 0 Å². The highest BCUT2D eigenvalue weighted by atomic mass is 19.1. The Balaban J connectivity index is 2.61. The monoisotopic (exact) mass is 254 g/mol. The number of ether oxygens (including phenoxy) is 1. The van der Waals surface area contributed by atoms with E-state index < -0.39 is 5.82 Å². The number of oxime groups is 1. The van der Waals surface area contributed by atoms with Crippen molar-refractivity contribution in [3.63, 3.8) is 0 Å². The minimum Gasteiger partial charge on any atom is -0.409 e. The fourth-order valence-corrected chi connectivity index (χ4v) is 1.58. The second-order valence-electron chi connectivity index (χ2n) is 4.02. The Hall–Kier alpha value is -1.62. The molecule has 0 aliphatic carbocycles. The lowest BCUT2D eigenvalue weighted by Gasteiger charge is -2.08. The molecule has 0 radical (unpaired) electrons. The molecule has 0 fully saturated rings. The first-order chi connectivity index (χ1) is 8.70. The van der Waals surface area contributed by atoms with Crippen molar-refractivity contribution >= 4 is 5.84 Å². The van der Waals surface area contributed by atoms with Crippen LogP contribution in [0.25, 0.3) is 0 Å². The highest BCUT2D eigenvalue weighted by molar-refractivity contribution is 5.97. The first-order valence-electron chi connectivity index (χ1n) is 6.03. The van der Waals surface area contributed by atoms with Crippen molar-refractivity contribution in [2.75, 3.05) is 6.61 Å². The van der Waals surface area contributed by atoms with Crippen molar-refractivity contribution in [3.05, 3.63) is 35.1 Å². The van der Waals surface area contributed by atoms with E-state index in [0.717, 1.165) is 19.3 Å². The standard InChI is InChI=1S/C13H19FN2O2/c1-2-3-4-8-18-9-10-6-5-7-11(12(10)14)13(15)16-17/h5-7,17H,2-4,8-9H2,1H3,(H2,15,16). The van der Waals surface area contributed by atoms with Crippen LogP contribution in [0.1, 0.15) is 37.3 Å². The predicted octanol–water partition coefficient (Wildman–Crippen LogP) is 2.63. The molecular formula is C13H19FN2O2. The van der Waals surface area contributed by atoms with E-state index in [2.05, 4.69) is 12.1 Å². The summed E-state index contributed by atoms with van der Waals surface area (Å²) in [6.45, 7) is 2.92.